The minimum absolute atomic E-state index is 0.978. The summed E-state index contributed by atoms with van der Waals surface area (Å²) in [5.74, 6) is 1.96. The van der Waals surface area contributed by atoms with Crippen LogP contribution < -0.4 is 0 Å². The highest BCUT2D eigenvalue weighted by atomic mass is 15.4. The molecule has 4 saturated heterocycles. The van der Waals surface area contributed by atoms with Crippen molar-refractivity contribution in [1.82, 2.24) is 24.5 Å². The fourth-order valence-corrected chi connectivity index (χ4v) is 4.29. The fraction of sp³-hybridized carbons (Fsp3) is 1.00. The number of likely N-dealkylation sites (N-methyl/N-ethyl adjacent to an activating group) is 4. The lowest BCUT2D eigenvalue weighted by atomic mass is 10.00. The summed E-state index contributed by atoms with van der Waals surface area (Å²) in [6.07, 6.45) is 5.60. The molecular formula is C27H61N6+. The first kappa shape index (κ1) is 30.8. The summed E-state index contributed by atoms with van der Waals surface area (Å²) in [5.41, 5.74) is 0. The summed E-state index contributed by atoms with van der Waals surface area (Å²) >= 11 is 0. The molecule has 0 N–H and O–H groups in total. The van der Waals surface area contributed by atoms with Crippen molar-refractivity contribution in [2.45, 2.75) is 39.5 Å². The number of hydrogen-bond acceptors (Lipinski definition) is 5. The maximum absolute atomic E-state index is 2.40. The van der Waals surface area contributed by atoms with E-state index in [2.05, 4.69) is 87.7 Å². The highest BCUT2D eigenvalue weighted by Crippen LogP contribution is 2.14. The van der Waals surface area contributed by atoms with Gasteiger partial charge in [-0.1, -0.05) is 13.8 Å². The molecule has 0 aliphatic carbocycles. The minimum Gasteiger partial charge on any atom is -0.326 e. The van der Waals surface area contributed by atoms with Crippen LogP contribution in [0.4, 0.5) is 0 Å². The average molecular weight is 470 g/mol. The zero-order chi connectivity index (χ0) is 24.9. The molecule has 4 aliphatic heterocycles. The Kier molecular flexibility index (Phi) is 15.3. The third kappa shape index (κ3) is 16.1. The molecule has 0 amide bonds. The Morgan fingerprint density at radius 1 is 0.424 bits per heavy atom. The summed E-state index contributed by atoms with van der Waals surface area (Å²) in [6, 6.07) is 0. The molecule has 0 saturated carbocycles. The summed E-state index contributed by atoms with van der Waals surface area (Å²) in [5, 5.41) is 0. The van der Waals surface area contributed by atoms with Gasteiger partial charge in [0.15, 0.2) is 0 Å². The van der Waals surface area contributed by atoms with Gasteiger partial charge in [-0.15, -0.1) is 0 Å². The smallest absolute Gasteiger partial charge is 0.0912 e. The Morgan fingerprint density at radius 2 is 0.667 bits per heavy atom. The molecule has 6 heteroatoms. The molecule has 0 aromatic carbocycles. The summed E-state index contributed by atoms with van der Waals surface area (Å²) in [6.45, 7) is 20.0. The molecule has 0 aromatic rings. The third-order valence-corrected chi connectivity index (χ3v) is 7.92. The molecule has 0 spiro atoms. The van der Waals surface area contributed by atoms with E-state index in [-0.39, 0.29) is 0 Å². The van der Waals surface area contributed by atoms with Crippen molar-refractivity contribution >= 4 is 0 Å². The molecule has 4 aliphatic rings. The summed E-state index contributed by atoms with van der Waals surface area (Å²) < 4.78 is 1.20. The van der Waals surface area contributed by atoms with E-state index in [1.807, 2.05) is 0 Å². The van der Waals surface area contributed by atoms with E-state index in [4.69, 9.17) is 0 Å². The van der Waals surface area contributed by atoms with Crippen LogP contribution >= 0.6 is 0 Å². The van der Waals surface area contributed by atoms with Gasteiger partial charge in [0.2, 0.25) is 0 Å². The quantitative estimate of drug-likeness (QED) is 0.506. The van der Waals surface area contributed by atoms with E-state index in [1.54, 1.807) is 0 Å². The maximum Gasteiger partial charge on any atom is 0.0912 e. The Labute approximate surface area is 208 Å². The Bertz CT molecular complexity index is 374. The molecule has 4 heterocycles. The largest absolute Gasteiger partial charge is 0.326 e. The van der Waals surface area contributed by atoms with Crippen molar-refractivity contribution in [3.05, 3.63) is 0 Å². The van der Waals surface area contributed by atoms with E-state index in [1.165, 1.54) is 109 Å². The molecule has 4 rings (SSSR count). The lowest BCUT2D eigenvalue weighted by molar-refractivity contribution is -0.894. The predicted molar refractivity (Wildman–Crippen MR) is 146 cm³/mol. The molecule has 0 aromatic heterocycles. The first-order valence-corrected chi connectivity index (χ1v) is 13.7. The van der Waals surface area contributed by atoms with Gasteiger partial charge in [-0.05, 0) is 98.9 Å². The van der Waals surface area contributed by atoms with Crippen LogP contribution in [0.5, 0.6) is 0 Å². The summed E-state index contributed by atoms with van der Waals surface area (Å²) in [4.78, 5) is 11.9. The predicted octanol–water partition coefficient (Wildman–Crippen LogP) is 2.57. The fourth-order valence-electron chi connectivity index (χ4n) is 4.29. The number of nitrogens with zero attached hydrogens (tertiary/aromatic N) is 6. The minimum atomic E-state index is 0.978. The summed E-state index contributed by atoms with van der Waals surface area (Å²) in [7, 11) is 15.5. The lowest BCUT2D eigenvalue weighted by Crippen LogP contribution is -2.53. The molecule has 0 radical (unpaired) electrons. The van der Waals surface area contributed by atoms with E-state index in [9.17, 15) is 0 Å². The molecule has 198 valence electrons. The topological polar surface area (TPSA) is 16.2 Å². The second-order valence-electron chi connectivity index (χ2n) is 12.3. The molecule has 0 unspecified atom stereocenters. The van der Waals surface area contributed by atoms with Gasteiger partial charge >= 0.3 is 0 Å². The Hall–Kier alpha value is -0.240. The monoisotopic (exact) mass is 469 g/mol. The first-order chi connectivity index (χ1) is 15.5. The number of piperazine rings is 2. The van der Waals surface area contributed by atoms with Gasteiger partial charge in [0.05, 0.1) is 27.2 Å². The average Bonchev–Trinajstić information content (AvgIpc) is 2.78. The number of piperidine rings is 2. The van der Waals surface area contributed by atoms with Crippen LogP contribution in [-0.2, 0) is 0 Å². The molecule has 4 fully saturated rings. The number of hydrogen-bond donors (Lipinski definition) is 0. The second kappa shape index (κ2) is 16.4. The van der Waals surface area contributed by atoms with Crippen molar-refractivity contribution in [2.24, 2.45) is 11.8 Å². The van der Waals surface area contributed by atoms with Gasteiger partial charge in [0, 0.05) is 39.3 Å². The van der Waals surface area contributed by atoms with E-state index >= 15 is 0 Å². The lowest BCUT2D eigenvalue weighted by Gasteiger charge is -2.37. The van der Waals surface area contributed by atoms with Crippen LogP contribution in [0.25, 0.3) is 0 Å². The van der Waals surface area contributed by atoms with E-state index in [0.29, 0.717) is 0 Å². The van der Waals surface area contributed by atoms with Gasteiger partial charge < -0.3 is 24.1 Å². The van der Waals surface area contributed by atoms with Gasteiger partial charge in [-0.25, -0.2) is 0 Å². The standard InChI is InChI=1S/C7H17N2.2C7H15N.C6H14N2/c1-8-4-6-9(2,3)7-5-8;3*1-7-3-5-8(2)6-4-7/h4-7H2,1-3H3;2*7H,3-6H2,1-2H3;3-6H2,1-2H3/q+1;;;. The van der Waals surface area contributed by atoms with Crippen LogP contribution in [0.2, 0.25) is 0 Å². The molecule has 6 nitrogen and oxygen atoms in total. The zero-order valence-electron chi connectivity index (χ0n) is 24.2. The highest BCUT2D eigenvalue weighted by molar-refractivity contribution is 4.66. The SMILES string of the molecule is CC1CCN(C)CC1.CC1CCN(C)CC1.CN1CCN(C)CC1.CN1CC[N+](C)(C)CC1. The molecule has 0 bridgehead atoms. The zero-order valence-corrected chi connectivity index (χ0v) is 24.2. The van der Waals surface area contributed by atoms with Crippen molar-refractivity contribution < 1.29 is 4.48 Å². The van der Waals surface area contributed by atoms with Gasteiger partial charge in [0.25, 0.3) is 0 Å². The van der Waals surface area contributed by atoms with Crippen LogP contribution in [0.1, 0.15) is 39.5 Å². The van der Waals surface area contributed by atoms with Crippen molar-refractivity contribution in [3.8, 4) is 0 Å². The Morgan fingerprint density at radius 3 is 0.909 bits per heavy atom. The third-order valence-electron chi connectivity index (χ3n) is 7.92. The second-order valence-corrected chi connectivity index (χ2v) is 12.3. The van der Waals surface area contributed by atoms with Gasteiger partial charge in [-0.2, -0.15) is 0 Å². The van der Waals surface area contributed by atoms with Crippen molar-refractivity contribution in [2.75, 3.05) is 128 Å². The van der Waals surface area contributed by atoms with Crippen LogP contribution in [0, 0.1) is 11.8 Å². The number of rotatable bonds is 0. The highest BCUT2D eigenvalue weighted by Gasteiger charge is 2.21. The van der Waals surface area contributed by atoms with E-state index in [0.717, 1.165) is 11.8 Å². The number of quaternary nitrogens is 1. The molecule has 0 atom stereocenters. The Balaban J connectivity index is 0.000000220. The molecule has 33 heavy (non-hydrogen) atoms. The van der Waals surface area contributed by atoms with Gasteiger partial charge in [-0.3, -0.25) is 4.90 Å². The normalized spacial score (nSPS) is 26.8. The van der Waals surface area contributed by atoms with Crippen LogP contribution in [-0.4, -0.2) is 157 Å². The van der Waals surface area contributed by atoms with Crippen LogP contribution in [0.15, 0.2) is 0 Å². The molecular weight excluding hydrogens is 408 g/mol. The maximum atomic E-state index is 2.40. The van der Waals surface area contributed by atoms with Gasteiger partial charge in [0.1, 0.15) is 0 Å². The van der Waals surface area contributed by atoms with E-state index < -0.39 is 0 Å². The van der Waals surface area contributed by atoms with Crippen molar-refractivity contribution in [3.63, 3.8) is 0 Å². The number of likely N-dealkylation sites (tertiary alicyclic amines) is 2. The first-order valence-electron chi connectivity index (χ1n) is 13.7. The van der Waals surface area contributed by atoms with Crippen molar-refractivity contribution in [1.29, 1.82) is 0 Å². The van der Waals surface area contributed by atoms with Crippen LogP contribution in [0.3, 0.4) is 0 Å².